The summed E-state index contributed by atoms with van der Waals surface area (Å²) in [6.07, 6.45) is 5.22. The maximum Gasteiger partial charge on any atom is 0.238 e. The van der Waals surface area contributed by atoms with Crippen LogP contribution in [0.4, 0.5) is 5.69 Å². The molecule has 0 radical (unpaired) electrons. The summed E-state index contributed by atoms with van der Waals surface area (Å²) in [7, 11) is 0. The zero-order valence-corrected chi connectivity index (χ0v) is 12.3. The highest BCUT2D eigenvalue weighted by atomic mass is 127. The molecule has 4 atom stereocenters. The monoisotopic (exact) mass is 365 g/mol. The molecule has 1 aromatic carbocycles. The van der Waals surface area contributed by atoms with Crippen LogP contribution in [0.2, 0.25) is 0 Å². The minimum absolute atomic E-state index is 0.00374. The van der Waals surface area contributed by atoms with Gasteiger partial charge in [-0.3, -0.25) is 9.59 Å². The number of imide groups is 1. The van der Waals surface area contributed by atoms with Crippen LogP contribution in [0.3, 0.4) is 0 Å². The van der Waals surface area contributed by atoms with E-state index in [2.05, 4.69) is 34.7 Å². The van der Waals surface area contributed by atoms with Gasteiger partial charge in [-0.15, -0.1) is 0 Å². The smallest absolute Gasteiger partial charge is 0.238 e. The molecule has 1 saturated carbocycles. The van der Waals surface area contributed by atoms with Crippen LogP contribution in [0.1, 0.15) is 6.42 Å². The van der Waals surface area contributed by atoms with Crippen molar-refractivity contribution in [2.45, 2.75) is 6.42 Å². The zero-order valence-electron chi connectivity index (χ0n) is 10.1. The van der Waals surface area contributed by atoms with E-state index in [1.165, 1.54) is 4.90 Å². The number of benzene rings is 1. The van der Waals surface area contributed by atoms with Gasteiger partial charge in [-0.05, 0) is 53.0 Å². The van der Waals surface area contributed by atoms with Crippen LogP contribution >= 0.6 is 22.6 Å². The molecule has 2 fully saturated rings. The molecule has 2 amide bonds. The fourth-order valence-corrected chi connectivity index (χ4v) is 4.40. The molecular weight excluding hydrogens is 353 g/mol. The number of allylic oxidation sites excluding steroid dienone is 2. The van der Waals surface area contributed by atoms with Crippen molar-refractivity contribution in [1.82, 2.24) is 0 Å². The molecule has 0 spiro atoms. The van der Waals surface area contributed by atoms with Crippen LogP contribution in [0.25, 0.3) is 0 Å². The number of rotatable bonds is 1. The highest BCUT2D eigenvalue weighted by Crippen LogP contribution is 2.53. The van der Waals surface area contributed by atoms with Gasteiger partial charge in [0.05, 0.1) is 17.5 Å². The Morgan fingerprint density at radius 2 is 1.58 bits per heavy atom. The van der Waals surface area contributed by atoms with Crippen LogP contribution in [0.5, 0.6) is 0 Å². The molecule has 2 aliphatic carbocycles. The first kappa shape index (κ1) is 11.6. The third-order valence-corrected chi connectivity index (χ3v) is 5.48. The summed E-state index contributed by atoms with van der Waals surface area (Å²) in [4.78, 5) is 26.6. The summed E-state index contributed by atoms with van der Waals surface area (Å²) in [6.45, 7) is 0. The topological polar surface area (TPSA) is 37.4 Å². The van der Waals surface area contributed by atoms with Crippen molar-refractivity contribution in [2.75, 3.05) is 4.90 Å². The molecule has 19 heavy (non-hydrogen) atoms. The van der Waals surface area contributed by atoms with E-state index in [0.29, 0.717) is 0 Å². The zero-order chi connectivity index (χ0) is 13.1. The summed E-state index contributed by atoms with van der Waals surface area (Å²) < 4.78 is 0.946. The van der Waals surface area contributed by atoms with Gasteiger partial charge in [-0.1, -0.05) is 24.3 Å². The second kappa shape index (κ2) is 3.91. The maximum absolute atomic E-state index is 12.6. The number of amides is 2. The predicted octanol–water partition coefficient (Wildman–Crippen LogP) is 2.60. The molecule has 4 heteroatoms. The Bertz CT molecular complexity index is 594. The van der Waals surface area contributed by atoms with Crippen LogP contribution < -0.4 is 4.90 Å². The maximum atomic E-state index is 12.6. The van der Waals surface area contributed by atoms with Crippen LogP contribution in [-0.2, 0) is 9.59 Å². The number of hydrogen-bond acceptors (Lipinski definition) is 2. The number of para-hydroxylation sites is 1. The van der Waals surface area contributed by atoms with Gasteiger partial charge in [0, 0.05) is 3.57 Å². The minimum Gasteiger partial charge on any atom is -0.274 e. The van der Waals surface area contributed by atoms with E-state index in [0.717, 1.165) is 15.7 Å². The van der Waals surface area contributed by atoms with E-state index in [1.807, 2.05) is 24.3 Å². The van der Waals surface area contributed by atoms with E-state index in [4.69, 9.17) is 0 Å². The Kier molecular flexibility index (Phi) is 2.40. The summed E-state index contributed by atoms with van der Waals surface area (Å²) in [6, 6.07) is 7.58. The number of carbonyl (C=O) groups excluding carboxylic acids is 2. The van der Waals surface area contributed by atoms with Crippen LogP contribution in [0, 0.1) is 27.2 Å². The molecule has 4 rings (SSSR count). The molecule has 1 saturated heterocycles. The third kappa shape index (κ3) is 1.43. The molecule has 3 aliphatic rings. The normalized spacial score (nSPS) is 35.3. The van der Waals surface area contributed by atoms with Gasteiger partial charge in [0.1, 0.15) is 0 Å². The van der Waals surface area contributed by atoms with E-state index in [-0.39, 0.29) is 35.5 Å². The van der Waals surface area contributed by atoms with E-state index < -0.39 is 0 Å². The van der Waals surface area contributed by atoms with E-state index in [9.17, 15) is 9.59 Å². The largest absolute Gasteiger partial charge is 0.274 e. The van der Waals surface area contributed by atoms with Crippen molar-refractivity contribution in [3.05, 3.63) is 40.0 Å². The molecule has 0 N–H and O–H groups in total. The lowest BCUT2D eigenvalue weighted by Crippen LogP contribution is -2.33. The number of anilines is 1. The van der Waals surface area contributed by atoms with Crippen LogP contribution in [-0.4, -0.2) is 11.8 Å². The van der Waals surface area contributed by atoms with Gasteiger partial charge in [-0.25, -0.2) is 4.90 Å². The fourth-order valence-electron chi connectivity index (χ4n) is 3.77. The number of carbonyl (C=O) groups is 2. The Morgan fingerprint density at radius 1 is 1.00 bits per heavy atom. The molecule has 3 nitrogen and oxygen atoms in total. The average molecular weight is 365 g/mol. The summed E-state index contributed by atoms with van der Waals surface area (Å²) in [5.74, 6) is 0.319. The molecular formula is C15H12INO2. The van der Waals surface area contributed by atoms with Crippen molar-refractivity contribution < 1.29 is 9.59 Å². The summed E-state index contributed by atoms with van der Waals surface area (Å²) in [5.41, 5.74) is 0.743. The molecule has 96 valence electrons. The molecule has 0 aromatic heterocycles. The molecule has 0 unspecified atom stereocenters. The number of fused-ring (bicyclic) bond motifs is 5. The lowest BCUT2D eigenvalue weighted by atomic mass is 9.85. The van der Waals surface area contributed by atoms with Gasteiger partial charge in [0.15, 0.2) is 0 Å². The Hall–Kier alpha value is -1.17. The fraction of sp³-hybridized carbons (Fsp3) is 0.333. The first-order valence-corrected chi connectivity index (χ1v) is 7.57. The summed E-state index contributed by atoms with van der Waals surface area (Å²) in [5, 5.41) is 0. The Labute approximate surface area is 124 Å². The Balaban J connectivity index is 1.79. The van der Waals surface area contributed by atoms with Gasteiger partial charge in [-0.2, -0.15) is 0 Å². The highest BCUT2D eigenvalue weighted by molar-refractivity contribution is 14.1. The first-order valence-electron chi connectivity index (χ1n) is 6.49. The molecule has 1 aromatic rings. The third-order valence-electron chi connectivity index (χ3n) is 4.56. The lowest BCUT2D eigenvalue weighted by Gasteiger charge is -2.18. The lowest BCUT2D eigenvalue weighted by molar-refractivity contribution is -0.123. The van der Waals surface area contributed by atoms with E-state index >= 15 is 0 Å². The SMILES string of the molecule is O=C1[C@@H]2[C@H](C(=O)N1c1ccccc1I)[C@H]1C=C[C@@H]2C1. The number of hydrogen-bond donors (Lipinski definition) is 0. The summed E-state index contributed by atoms with van der Waals surface area (Å²) >= 11 is 2.18. The highest BCUT2D eigenvalue weighted by Gasteiger charge is 2.59. The molecule has 2 bridgehead atoms. The van der Waals surface area contributed by atoms with Gasteiger partial charge < -0.3 is 0 Å². The van der Waals surface area contributed by atoms with Crippen molar-refractivity contribution in [2.24, 2.45) is 23.7 Å². The van der Waals surface area contributed by atoms with Crippen molar-refractivity contribution in [3.8, 4) is 0 Å². The van der Waals surface area contributed by atoms with Crippen LogP contribution in [0.15, 0.2) is 36.4 Å². The van der Waals surface area contributed by atoms with Crippen molar-refractivity contribution >= 4 is 40.1 Å². The van der Waals surface area contributed by atoms with Crippen molar-refractivity contribution in [1.29, 1.82) is 0 Å². The first-order chi connectivity index (χ1) is 9.18. The van der Waals surface area contributed by atoms with Crippen molar-refractivity contribution in [3.63, 3.8) is 0 Å². The standard InChI is InChI=1S/C15H12INO2/c16-10-3-1-2-4-11(10)17-14(18)12-8-5-6-9(7-8)13(12)15(17)19/h1-6,8-9,12-13H,7H2/t8-,9+,12+,13-. The van der Waals surface area contributed by atoms with Gasteiger partial charge >= 0.3 is 0 Å². The molecule has 1 heterocycles. The second-order valence-electron chi connectivity index (χ2n) is 5.46. The molecule has 1 aliphatic heterocycles. The number of nitrogens with zero attached hydrogens (tertiary/aromatic N) is 1. The average Bonchev–Trinajstić information content (AvgIpc) is 3.06. The number of halogens is 1. The van der Waals surface area contributed by atoms with Gasteiger partial charge in [0.2, 0.25) is 11.8 Å². The minimum atomic E-state index is -0.112. The van der Waals surface area contributed by atoms with E-state index in [1.54, 1.807) is 0 Å². The van der Waals surface area contributed by atoms with Gasteiger partial charge in [0.25, 0.3) is 0 Å². The quantitative estimate of drug-likeness (QED) is 0.436. The second-order valence-corrected chi connectivity index (χ2v) is 6.63. The Morgan fingerprint density at radius 3 is 2.16 bits per heavy atom. The predicted molar refractivity (Wildman–Crippen MR) is 79.4 cm³/mol.